The van der Waals surface area contributed by atoms with E-state index in [1.165, 1.54) is 31.4 Å². The van der Waals surface area contributed by atoms with Gasteiger partial charge in [-0.15, -0.1) is 0 Å². The number of benzene rings is 3. The molecular formula is C27H26F2O5. The van der Waals surface area contributed by atoms with Crippen LogP contribution in [0.4, 0.5) is 8.78 Å². The smallest absolute Gasteiger partial charge is 0.387 e. The number of ether oxygens (including phenoxy) is 4. The lowest BCUT2D eigenvalue weighted by Gasteiger charge is -2.14. The maximum atomic E-state index is 12.6. The van der Waals surface area contributed by atoms with Gasteiger partial charge in [-0.05, 0) is 66.9 Å². The Balaban J connectivity index is 1.77. The van der Waals surface area contributed by atoms with Crippen LogP contribution in [0.25, 0.3) is 6.08 Å². The second-order valence-corrected chi connectivity index (χ2v) is 7.52. The Morgan fingerprint density at radius 1 is 0.912 bits per heavy atom. The molecular weight excluding hydrogens is 442 g/mol. The lowest BCUT2D eigenvalue weighted by atomic mass is 10.1. The fraction of sp³-hybridized carbons (Fsp3) is 0.222. The highest BCUT2D eigenvalue weighted by Gasteiger charge is 2.13. The SMILES string of the molecule is COc1ccc(/C=C/C(=O)c2ccc(OC(F)F)c(OC)c2)cc1COc1c(C)cccc1C. The van der Waals surface area contributed by atoms with Gasteiger partial charge in [-0.1, -0.05) is 30.3 Å². The van der Waals surface area contributed by atoms with E-state index >= 15 is 0 Å². The maximum Gasteiger partial charge on any atom is 0.387 e. The molecule has 0 saturated heterocycles. The zero-order valence-electron chi connectivity index (χ0n) is 19.4. The van der Waals surface area contributed by atoms with Crippen LogP contribution in [0.1, 0.15) is 32.6 Å². The minimum absolute atomic E-state index is 0.0509. The quantitative estimate of drug-likeness (QED) is 0.255. The fourth-order valence-corrected chi connectivity index (χ4v) is 3.47. The van der Waals surface area contributed by atoms with Crippen LogP contribution in [0, 0.1) is 13.8 Å². The molecule has 3 rings (SSSR count). The first-order chi connectivity index (χ1) is 16.3. The summed E-state index contributed by atoms with van der Waals surface area (Å²) in [5.41, 5.74) is 3.97. The zero-order valence-corrected chi connectivity index (χ0v) is 19.4. The summed E-state index contributed by atoms with van der Waals surface area (Å²) in [7, 11) is 2.91. The summed E-state index contributed by atoms with van der Waals surface area (Å²) in [6.45, 7) is 1.29. The number of aryl methyl sites for hydroxylation is 2. The van der Waals surface area contributed by atoms with Gasteiger partial charge in [0.15, 0.2) is 17.3 Å². The van der Waals surface area contributed by atoms with Crippen molar-refractivity contribution in [2.24, 2.45) is 0 Å². The number of alkyl halides is 2. The predicted molar refractivity (Wildman–Crippen MR) is 126 cm³/mol. The van der Waals surface area contributed by atoms with E-state index < -0.39 is 6.61 Å². The molecule has 5 nitrogen and oxygen atoms in total. The highest BCUT2D eigenvalue weighted by molar-refractivity contribution is 6.07. The summed E-state index contributed by atoms with van der Waals surface area (Å²) >= 11 is 0. The molecule has 0 unspecified atom stereocenters. The minimum atomic E-state index is -2.99. The molecule has 0 fully saturated rings. The molecule has 0 aliphatic heterocycles. The van der Waals surface area contributed by atoms with Crippen molar-refractivity contribution in [2.45, 2.75) is 27.1 Å². The van der Waals surface area contributed by atoms with Gasteiger partial charge in [0.1, 0.15) is 18.1 Å². The summed E-state index contributed by atoms with van der Waals surface area (Å²) in [4.78, 5) is 12.6. The summed E-state index contributed by atoms with van der Waals surface area (Å²) in [5, 5.41) is 0. The van der Waals surface area contributed by atoms with Crippen molar-refractivity contribution in [2.75, 3.05) is 14.2 Å². The van der Waals surface area contributed by atoms with E-state index in [-0.39, 0.29) is 22.8 Å². The molecule has 0 amide bonds. The monoisotopic (exact) mass is 468 g/mol. The molecule has 3 aromatic rings. The largest absolute Gasteiger partial charge is 0.496 e. The van der Waals surface area contributed by atoms with E-state index in [4.69, 9.17) is 14.2 Å². The molecule has 0 saturated carbocycles. The number of rotatable bonds is 10. The standard InChI is InChI=1S/C27H26F2O5/c1-17-6-5-7-18(2)26(17)33-16-21-14-19(9-12-23(21)31-3)8-11-22(30)20-10-13-24(34-27(28)29)25(15-20)32-4/h5-15,27H,16H2,1-4H3/b11-8+. The van der Waals surface area contributed by atoms with Crippen molar-refractivity contribution in [3.8, 4) is 23.0 Å². The average Bonchev–Trinajstić information content (AvgIpc) is 2.82. The van der Waals surface area contributed by atoms with E-state index in [0.29, 0.717) is 12.4 Å². The molecule has 178 valence electrons. The van der Waals surface area contributed by atoms with Gasteiger partial charge in [0.25, 0.3) is 0 Å². The van der Waals surface area contributed by atoms with E-state index in [9.17, 15) is 13.6 Å². The molecule has 0 aliphatic carbocycles. The molecule has 34 heavy (non-hydrogen) atoms. The first kappa shape index (κ1) is 24.8. The number of methoxy groups -OCH3 is 2. The van der Waals surface area contributed by atoms with Crippen LogP contribution in [0.15, 0.2) is 60.7 Å². The first-order valence-electron chi connectivity index (χ1n) is 10.5. The van der Waals surface area contributed by atoms with E-state index in [1.807, 2.05) is 50.2 Å². The molecule has 0 radical (unpaired) electrons. The predicted octanol–water partition coefficient (Wildman–Crippen LogP) is 6.40. The maximum absolute atomic E-state index is 12.6. The molecule has 0 spiro atoms. The highest BCUT2D eigenvalue weighted by Crippen LogP contribution is 2.30. The van der Waals surface area contributed by atoms with E-state index in [0.717, 1.165) is 28.0 Å². The van der Waals surface area contributed by atoms with Crippen LogP contribution < -0.4 is 18.9 Å². The topological polar surface area (TPSA) is 54.0 Å². The summed E-state index contributed by atoms with van der Waals surface area (Å²) in [6.07, 6.45) is 3.07. The minimum Gasteiger partial charge on any atom is -0.496 e. The molecule has 3 aromatic carbocycles. The molecule has 0 atom stereocenters. The van der Waals surface area contributed by atoms with Crippen LogP contribution in [0.3, 0.4) is 0 Å². The number of carbonyl (C=O) groups excluding carboxylic acids is 1. The van der Waals surface area contributed by atoms with Crippen molar-refractivity contribution in [3.05, 3.63) is 88.5 Å². The number of allylic oxidation sites excluding steroid dienone is 1. The normalized spacial score (nSPS) is 11.0. The van der Waals surface area contributed by atoms with Gasteiger partial charge in [-0.2, -0.15) is 8.78 Å². The number of ketones is 1. The second kappa shape index (κ2) is 11.3. The molecule has 0 aromatic heterocycles. The Bertz CT molecular complexity index is 1170. The molecule has 7 heteroatoms. The third-order valence-corrected chi connectivity index (χ3v) is 5.18. The van der Waals surface area contributed by atoms with E-state index in [1.54, 1.807) is 13.2 Å². The van der Waals surface area contributed by atoms with Gasteiger partial charge in [0, 0.05) is 11.1 Å². The Morgan fingerprint density at radius 2 is 1.59 bits per heavy atom. The Hall–Kier alpha value is -3.87. The molecule has 0 bridgehead atoms. The first-order valence-corrected chi connectivity index (χ1v) is 10.5. The number of halogens is 2. The van der Waals surface area contributed by atoms with Crippen molar-refractivity contribution in [1.82, 2.24) is 0 Å². The molecule has 0 N–H and O–H groups in total. The average molecular weight is 468 g/mol. The van der Waals surface area contributed by atoms with E-state index in [2.05, 4.69) is 4.74 Å². The van der Waals surface area contributed by atoms with Gasteiger partial charge in [0.05, 0.1) is 14.2 Å². The number of carbonyl (C=O) groups is 1. The Morgan fingerprint density at radius 3 is 2.24 bits per heavy atom. The highest BCUT2D eigenvalue weighted by atomic mass is 19.3. The van der Waals surface area contributed by atoms with Gasteiger partial charge >= 0.3 is 6.61 Å². The summed E-state index contributed by atoms with van der Waals surface area (Å²) in [5.74, 6) is 1.10. The lowest BCUT2D eigenvalue weighted by molar-refractivity contribution is -0.0512. The Kier molecular flexibility index (Phi) is 8.24. The molecule has 0 aliphatic rings. The van der Waals surface area contributed by atoms with Crippen LogP contribution in [-0.2, 0) is 6.61 Å². The van der Waals surface area contributed by atoms with Gasteiger partial charge in [0.2, 0.25) is 0 Å². The third kappa shape index (κ3) is 6.13. The van der Waals surface area contributed by atoms with Crippen molar-refractivity contribution in [1.29, 1.82) is 0 Å². The van der Waals surface area contributed by atoms with Gasteiger partial charge in [-0.25, -0.2) is 0 Å². The van der Waals surface area contributed by atoms with Crippen LogP contribution in [0.2, 0.25) is 0 Å². The lowest BCUT2D eigenvalue weighted by Crippen LogP contribution is -2.04. The number of hydrogen-bond acceptors (Lipinski definition) is 5. The molecule has 0 heterocycles. The van der Waals surface area contributed by atoms with Crippen molar-refractivity contribution >= 4 is 11.9 Å². The van der Waals surface area contributed by atoms with Crippen LogP contribution in [0.5, 0.6) is 23.0 Å². The summed E-state index contributed by atoms with van der Waals surface area (Å²) < 4.78 is 46.0. The second-order valence-electron chi connectivity index (χ2n) is 7.52. The zero-order chi connectivity index (χ0) is 24.7. The van der Waals surface area contributed by atoms with Crippen molar-refractivity contribution < 1.29 is 32.5 Å². The van der Waals surface area contributed by atoms with Crippen LogP contribution in [-0.4, -0.2) is 26.6 Å². The fourth-order valence-electron chi connectivity index (χ4n) is 3.47. The van der Waals surface area contributed by atoms with Crippen LogP contribution >= 0.6 is 0 Å². The summed E-state index contributed by atoms with van der Waals surface area (Å²) in [6, 6.07) is 15.5. The number of hydrogen-bond donors (Lipinski definition) is 0. The number of para-hydroxylation sites is 1. The van der Waals surface area contributed by atoms with Gasteiger partial charge in [-0.3, -0.25) is 4.79 Å². The van der Waals surface area contributed by atoms with Crippen molar-refractivity contribution in [3.63, 3.8) is 0 Å². The Labute approximate surface area is 197 Å². The van der Waals surface area contributed by atoms with Gasteiger partial charge < -0.3 is 18.9 Å². The third-order valence-electron chi connectivity index (χ3n) is 5.18.